The van der Waals surface area contributed by atoms with E-state index >= 15 is 0 Å². The SMILES string of the molecule is CCCCc1ccc(NCCCCCCN)cc1. The third kappa shape index (κ3) is 6.65. The Hall–Kier alpha value is -1.02. The normalized spacial score (nSPS) is 10.6. The van der Waals surface area contributed by atoms with Crippen molar-refractivity contribution in [3.8, 4) is 0 Å². The van der Waals surface area contributed by atoms with E-state index in [1.807, 2.05) is 0 Å². The molecule has 1 aromatic carbocycles. The van der Waals surface area contributed by atoms with Crippen LogP contribution in [0.3, 0.4) is 0 Å². The number of nitrogens with one attached hydrogen (secondary N) is 1. The first-order chi connectivity index (χ1) is 8.86. The molecule has 1 rings (SSSR count). The summed E-state index contributed by atoms with van der Waals surface area (Å²) >= 11 is 0. The van der Waals surface area contributed by atoms with Crippen molar-refractivity contribution in [1.82, 2.24) is 0 Å². The minimum atomic E-state index is 0.826. The average molecular weight is 248 g/mol. The molecule has 0 unspecified atom stereocenters. The van der Waals surface area contributed by atoms with Crippen molar-refractivity contribution < 1.29 is 0 Å². The molecule has 0 spiro atoms. The van der Waals surface area contributed by atoms with Gasteiger partial charge in [0.1, 0.15) is 0 Å². The predicted molar refractivity (Wildman–Crippen MR) is 81.1 cm³/mol. The molecule has 0 saturated heterocycles. The van der Waals surface area contributed by atoms with Crippen LogP contribution in [0, 0.1) is 0 Å². The first kappa shape index (κ1) is 15.0. The van der Waals surface area contributed by atoms with Crippen LogP contribution in [0.1, 0.15) is 51.0 Å². The number of benzene rings is 1. The van der Waals surface area contributed by atoms with E-state index in [1.54, 1.807) is 0 Å². The molecule has 0 fully saturated rings. The largest absolute Gasteiger partial charge is 0.385 e. The molecule has 0 aliphatic carbocycles. The number of aryl methyl sites for hydroxylation is 1. The van der Waals surface area contributed by atoms with Crippen molar-refractivity contribution in [2.24, 2.45) is 5.73 Å². The van der Waals surface area contributed by atoms with Crippen LogP contribution in [-0.4, -0.2) is 13.1 Å². The number of unbranched alkanes of at least 4 members (excludes halogenated alkanes) is 4. The van der Waals surface area contributed by atoms with Gasteiger partial charge in [-0.3, -0.25) is 0 Å². The van der Waals surface area contributed by atoms with Crippen LogP contribution >= 0.6 is 0 Å². The fraction of sp³-hybridized carbons (Fsp3) is 0.625. The molecule has 18 heavy (non-hydrogen) atoms. The van der Waals surface area contributed by atoms with E-state index < -0.39 is 0 Å². The summed E-state index contributed by atoms with van der Waals surface area (Å²) < 4.78 is 0. The Bertz CT molecular complexity index is 292. The molecule has 0 heterocycles. The zero-order valence-electron chi connectivity index (χ0n) is 11.8. The Morgan fingerprint density at radius 2 is 1.67 bits per heavy atom. The summed E-state index contributed by atoms with van der Waals surface area (Å²) in [5.41, 5.74) is 8.16. The first-order valence-electron chi connectivity index (χ1n) is 7.39. The lowest BCUT2D eigenvalue weighted by atomic mass is 10.1. The van der Waals surface area contributed by atoms with Gasteiger partial charge in [-0.05, 0) is 49.9 Å². The molecule has 2 nitrogen and oxygen atoms in total. The molecule has 102 valence electrons. The summed E-state index contributed by atoms with van der Waals surface area (Å²) in [6.45, 7) is 4.13. The molecule has 0 aliphatic rings. The summed E-state index contributed by atoms with van der Waals surface area (Å²) in [5, 5.41) is 3.47. The second kappa shape index (κ2) is 9.95. The highest BCUT2D eigenvalue weighted by Gasteiger charge is 1.94. The molecule has 2 heteroatoms. The van der Waals surface area contributed by atoms with Gasteiger partial charge in [0, 0.05) is 12.2 Å². The Labute approximate surface area is 112 Å². The standard InChI is InChI=1S/C16H28N2/c1-2-3-8-15-9-11-16(12-10-15)18-14-7-5-4-6-13-17/h9-12,18H,2-8,13-14,17H2,1H3. The van der Waals surface area contributed by atoms with E-state index in [1.165, 1.54) is 49.8 Å². The van der Waals surface area contributed by atoms with Crippen LogP contribution < -0.4 is 11.1 Å². The topological polar surface area (TPSA) is 38.0 Å². The Morgan fingerprint density at radius 1 is 0.944 bits per heavy atom. The Morgan fingerprint density at radius 3 is 2.33 bits per heavy atom. The highest BCUT2D eigenvalue weighted by molar-refractivity contribution is 5.44. The summed E-state index contributed by atoms with van der Waals surface area (Å²) in [6, 6.07) is 8.88. The molecule has 0 atom stereocenters. The number of hydrogen-bond acceptors (Lipinski definition) is 2. The first-order valence-corrected chi connectivity index (χ1v) is 7.39. The van der Waals surface area contributed by atoms with Gasteiger partial charge in [-0.1, -0.05) is 38.3 Å². The van der Waals surface area contributed by atoms with E-state index in [-0.39, 0.29) is 0 Å². The smallest absolute Gasteiger partial charge is 0.0340 e. The summed E-state index contributed by atoms with van der Waals surface area (Å²) in [5.74, 6) is 0. The lowest BCUT2D eigenvalue weighted by molar-refractivity contribution is 0.661. The third-order valence-corrected chi connectivity index (χ3v) is 3.23. The fourth-order valence-corrected chi connectivity index (χ4v) is 2.03. The second-order valence-electron chi connectivity index (χ2n) is 4.93. The lowest BCUT2D eigenvalue weighted by Gasteiger charge is -2.07. The molecule has 0 saturated carbocycles. The minimum Gasteiger partial charge on any atom is -0.385 e. The monoisotopic (exact) mass is 248 g/mol. The number of anilines is 1. The van der Waals surface area contributed by atoms with Crippen LogP contribution in [0.25, 0.3) is 0 Å². The maximum atomic E-state index is 5.47. The van der Waals surface area contributed by atoms with Crippen molar-refractivity contribution in [1.29, 1.82) is 0 Å². The van der Waals surface area contributed by atoms with Crippen molar-refractivity contribution in [3.05, 3.63) is 29.8 Å². The van der Waals surface area contributed by atoms with E-state index in [2.05, 4.69) is 36.5 Å². The van der Waals surface area contributed by atoms with Crippen LogP contribution in [0.4, 0.5) is 5.69 Å². The van der Waals surface area contributed by atoms with Crippen LogP contribution in [-0.2, 0) is 6.42 Å². The third-order valence-electron chi connectivity index (χ3n) is 3.23. The Kier molecular flexibility index (Phi) is 8.32. The van der Waals surface area contributed by atoms with Gasteiger partial charge in [0.05, 0.1) is 0 Å². The quantitative estimate of drug-likeness (QED) is 0.615. The zero-order valence-corrected chi connectivity index (χ0v) is 11.8. The minimum absolute atomic E-state index is 0.826. The van der Waals surface area contributed by atoms with Gasteiger partial charge in [0.25, 0.3) is 0 Å². The van der Waals surface area contributed by atoms with Crippen LogP contribution in [0.5, 0.6) is 0 Å². The maximum Gasteiger partial charge on any atom is 0.0340 e. The van der Waals surface area contributed by atoms with Gasteiger partial charge in [-0.2, -0.15) is 0 Å². The van der Waals surface area contributed by atoms with Crippen LogP contribution in [0.2, 0.25) is 0 Å². The van der Waals surface area contributed by atoms with Gasteiger partial charge in [-0.15, -0.1) is 0 Å². The highest BCUT2D eigenvalue weighted by Crippen LogP contribution is 2.12. The molecule has 0 amide bonds. The predicted octanol–water partition coefficient (Wildman–Crippen LogP) is 3.96. The van der Waals surface area contributed by atoms with Crippen molar-refractivity contribution in [3.63, 3.8) is 0 Å². The summed E-state index contributed by atoms with van der Waals surface area (Å²) in [4.78, 5) is 0. The molecular formula is C16H28N2. The molecular weight excluding hydrogens is 220 g/mol. The summed E-state index contributed by atoms with van der Waals surface area (Å²) in [6.07, 6.45) is 8.68. The highest BCUT2D eigenvalue weighted by atomic mass is 14.9. The number of nitrogens with two attached hydrogens (primary N) is 1. The van der Waals surface area contributed by atoms with E-state index in [9.17, 15) is 0 Å². The van der Waals surface area contributed by atoms with E-state index in [4.69, 9.17) is 5.73 Å². The van der Waals surface area contributed by atoms with Gasteiger partial charge in [-0.25, -0.2) is 0 Å². The Balaban J connectivity index is 2.14. The van der Waals surface area contributed by atoms with Gasteiger partial charge < -0.3 is 11.1 Å². The zero-order chi connectivity index (χ0) is 13.1. The lowest BCUT2D eigenvalue weighted by Crippen LogP contribution is -2.02. The van der Waals surface area contributed by atoms with Crippen LogP contribution in [0.15, 0.2) is 24.3 Å². The molecule has 0 aliphatic heterocycles. The second-order valence-corrected chi connectivity index (χ2v) is 4.93. The average Bonchev–Trinajstić information content (AvgIpc) is 2.42. The van der Waals surface area contributed by atoms with Gasteiger partial charge in [0.15, 0.2) is 0 Å². The molecule has 1 aromatic rings. The fourth-order valence-electron chi connectivity index (χ4n) is 2.03. The van der Waals surface area contributed by atoms with Gasteiger partial charge in [0.2, 0.25) is 0 Å². The van der Waals surface area contributed by atoms with Gasteiger partial charge >= 0.3 is 0 Å². The molecule has 0 aromatic heterocycles. The van der Waals surface area contributed by atoms with Crippen molar-refractivity contribution in [2.75, 3.05) is 18.4 Å². The van der Waals surface area contributed by atoms with Crippen molar-refractivity contribution in [2.45, 2.75) is 51.9 Å². The summed E-state index contributed by atoms with van der Waals surface area (Å²) in [7, 11) is 0. The number of rotatable bonds is 10. The maximum absolute atomic E-state index is 5.47. The molecule has 3 N–H and O–H groups in total. The molecule has 0 bridgehead atoms. The van der Waals surface area contributed by atoms with Crippen molar-refractivity contribution >= 4 is 5.69 Å². The van der Waals surface area contributed by atoms with E-state index in [0.29, 0.717) is 0 Å². The van der Waals surface area contributed by atoms with E-state index in [0.717, 1.165) is 19.5 Å². The molecule has 0 radical (unpaired) electrons. The number of hydrogen-bond donors (Lipinski definition) is 2.